The number of rotatable bonds is 3. The summed E-state index contributed by atoms with van der Waals surface area (Å²) in [5.41, 5.74) is 3.65. The lowest BCUT2D eigenvalue weighted by Crippen LogP contribution is -2.61. The number of piperazine rings is 1. The van der Waals surface area contributed by atoms with Crippen LogP contribution in [0.3, 0.4) is 0 Å². The smallest absolute Gasteiger partial charge is 0.225 e. The molecule has 140 valence electrons. The Hall–Kier alpha value is -2.20. The van der Waals surface area contributed by atoms with Crippen molar-refractivity contribution in [1.82, 2.24) is 5.32 Å². The summed E-state index contributed by atoms with van der Waals surface area (Å²) in [6, 6.07) is 17.1. The monoisotopic (exact) mass is 381 g/mol. The molecule has 2 heterocycles. The summed E-state index contributed by atoms with van der Waals surface area (Å²) < 4.78 is 0. The van der Waals surface area contributed by atoms with Gasteiger partial charge in [-0.05, 0) is 43.0 Å². The van der Waals surface area contributed by atoms with Crippen LogP contribution < -0.4 is 15.1 Å². The zero-order valence-corrected chi connectivity index (χ0v) is 16.0. The van der Waals surface area contributed by atoms with E-state index >= 15 is 0 Å². The van der Waals surface area contributed by atoms with E-state index in [0.29, 0.717) is 6.04 Å². The molecule has 3 aliphatic rings. The quantitative estimate of drug-likeness (QED) is 0.884. The number of benzene rings is 2. The Balaban J connectivity index is 1.47. The Morgan fingerprint density at radius 1 is 1.00 bits per heavy atom. The second-order valence-corrected chi connectivity index (χ2v) is 8.29. The van der Waals surface area contributed by atoms with E-state index in [2.05, 4.69) is 45.4 Å². The van der Waals surface area contributed by atoms with E-state index < -0.39 is 0 Å². The predicted molar refractivity (Wildman–Crippen MR) is 110 cm³/mol. The lowest BCUT2D eigenvalue weighted by molar-refractivity contribution is -0.126. The fraction of sp³-hybridized carbons (Fsp3) is 0.409. The number of amides is 1. The molecular weight excluding hydrogens is 358 g/mol. The first-order chi connectivity index (χ1) is 13.2. The molecule has 1 N–H and O–H groups in total. The van der Waals surface area contributed by atoms with Crippen LogP contribution in [0.15, 0.2) is 48.5 Å². The Bertz CT molecular complexity index is 866. The second-order valence-electron chi connectivity index (χ2n) is 7.88. The number of carbonyl (C=O) groups excluding carboxylic acids is 1. The van der Waals surface area contributed by atoms with Crippen molar-refractivity contribution in [2.24, 2.45) is 5.92 Å². The van der Waals surface area contributed by atoms with Crippen molar-refractivity contribution < 1.29 is 4.79 Å². The van der Waals surface area contributed by atoms with Gasteiger partial charge in [-0.1, -0.05) is 41.9 Å². The van der Waals surface area contributed by atoms with Crippen molar-refractivity contribution in [2.45, 2.75) is 31.3 Å². The van der Waals surface area contributed by atoms with E-state index in [-0.39, 0.29) is 17.9 Å². The average molecular weight is 382 g/mol. The summed E-state index contributed by atoms with van der Waals surface area (Å²) in [6.45, 7) is 2.63. The number of hydrogen-bond acceptors (Lipinski definition) is 3. The van der Waals surface area contributed by atoms with Gasteiger partial charge in [-0.3, -0.25) is 4.79 Å². The molecule has 1 saturated heterocycles. The molecule has 2 aromatic carbocycles. The topological polar surface area (TPSA) is 35.6 Å². The molecule has 5 rings (SSSR count). The molecule has 0 radical (unpaired) electrons. The first-order valence-electron chi connectivity index (χ1n) is 9.85. The van der Waals surface area contributed by atoms with Crippen molar-refractivity contribution in [2.75, 3.05) is 29.4 Å². The Labute approximate surface area is 165 Å². The van der Waals surface area contributed by atoms with E-state index in [9.17, 15) is 4.79 Å². The van der Waals surface area contributed by atoms with Gasteiger partial charge in [-0.25, -0.2) is 0 Å². The molecule has 27 heavy (non-hydrogen) atoms. The largest absolute Gasteiger partial charge is 0.366 e. The van der Waals surface area contributed by atoms with Gasteiger partial charge in [0.15, 0.2) is 0 Å². The molecule has 1 saturated carbocycles. The molecule has 0 spiro atoms. The molecule has 2 atom stereocenters. The molecule has 2 aromatic rings. The van der Waals surface area contributed by atoms with Gasteiger partial charge in [0.25, 0.3) is 0 Å². The van der Waals surface area contributed by atoms with Crippen LogP contribution in [0.5, 0.6) is 0 Å². The first-order valence-corrected chi connectivity index (χ1v) is 10.2. The molecule has 1 amide bonds. The van der Waals surface area contributed by atoms with Gasteiger partial charge in [0, 0.05) is 31.4 Å². The summed E-state index contributed by atoms with van der Waals surface area (Å²) in [4.78, 5) is 17.8. The molecule has 1 aliphatic carbocycles. The minimum Gasteiger partial charge on any atom is -0.366 e. The van der Waals surface area contributed by atoms with Crippen molar-refractivity contribution in [3.63, 3.8) is 0 Å². The summed E-state index contributed by atoms with van der Waals surface area (Å²) in [6.07, 6.45) is 3.05. The highest BCUT2D eigenvalue weighted by Crippen LogP contribution is 2.38. The summed E-state index contributed by atoms with van der Waals surface area (Å²) >= 11 is 6.46. The molecule has 5 heteroatoms. The van der Waals surface area contributed by atoms with Gasteiger partial charge in [0.2, 0.25) is 5.91 Å². The van der Waals surface area contributed by atoms with Crippen LogP contribution in [0.4, 0.5) is 11.4 Å². The summed E-state index contributed by atoms with van der Waals surface area (Å²) in [5.74, 6) is 0.189. The molecule has 0 bridgehead atoms. The van der Waals surface area contributed by atoms with Crippen LogP contribution in [0.25, 0.3) is 0 Å². The SMILES string of the molecule is O=C(NC1CC1)C1Cc2ccccc2N2CCN(c3ccccc3Cl)CC12. The summed E-state index contributed by atoms with van der Waals surface area (Å²) in [5, 5.41) is 4.02. The average Bonchev–Trinajstić information content (AvgIpc) is 3.51. The molecule has 2 unspecified atom stereocenters. The van der Waals surface area contributed by atoms with Gasteiger partial charge in [-0.2, -0.15) is 0 Å². The zero-order valence-electron chi connectivity index (χ0n) is 15.3. The maximum absolute atomic E-state index is 13.0. The number of halogens is 1. The fourth-order valence-corrected chi connectivity index (χ4v) is 4.78. The maximum Gasteiger partial charge on any atom is 0.225 e. The molecular formula is C22H24ClN3O. The predicted octanol–water partition coefficient (Wildman–Crippen LogP) is 3.49. The lowest BCUT2D eigenvalue weighted by atomic mass is 9.83. The van der Waals surface area contributed by atoms with Crippen LogP contribution in [0, 0.1) is 5.92 Å². The van der Waals surface area contributed by atoms with E-state index in [4.69, 9.17) is 11.6 Å². The molecule has 2 fully saturated rings. The van der Waals surface area contributed by atoms with Gasteiger partial charge in [0.05, 0.1) is 22.7 Å². The number of carbonyl (C=O) groups is 1. The second kappa shape index (κ2) is 6.75. The first kappa shape index (κ1) is 16.9. The zero-order chi connectivity index (χ0) is 18.4. The number of anilines is 2. The van der Waals surface area contributed by atoms with E-state index in [0.717, 1.165) is 49.6 Å². The maximum atomic E-state index is 13.0. The number of nitrogens with one attached hydrogen (secondary N) is 1. The molecule has 0 aromatic heterocycles. The molecule has 4 nitrogen and oxygen atoms in total. The number of fused-ring (bicyclic) bond motifs is 3. The highest BCUT2D eigenvalue weighted by molar-refractivity contribution is 6.33. The van der Waals surface area contributed by atoms with Crippen LogP contribution in [-0.4, -0.2) is 37.6 Å². The van der Waals surface area contributed by atoms with Crippen LogP contribution in [0.1, 0.15) is 18.4 Å². The van der Waals surface area contributed by atoms with E-state index in [1.807, 2.05) is 18.2 Å². The number of para-hydroxylation sites is 2. The van der Waals surface area contributed by atoms with E-state index in [1.165, 1.54) is 11.3 Å². The summed E-state index contributed by atoms with van der Waals surface area (Å²) in [7, 11) is 0. The third-order valence-corrected chi connectivity index (χ3v) is 6.40. The standard InChI is InChI=1S/C22H24ClN3O/c23-18-6-2-4-8-20(18)25-11-12-26-19-7-3-1-5-15(19)13-17(21(26)14-25)22(27)24-16-9-10-16/h1-8,16-17,21H,9-14H2,(H,24,27). The van der Waals surface area contributed by atoms with Crippen molar-refractivity contribution >= 4 is 28.9 Å². The third-order valence-electron chi connectivity index (χ3n) is 6.08. The highest BCUT2D eigenvalue weighted by atomic mass is 35.5. The van der Waals surface area contributed by atoms with Crippen molar-refractivity contribution in [3.8, 4) is 0 Å². The van der Waals surface area contributed by atoms with Crippen LogP contribution in [0.2, 0.25) is 5.02 Å². The minimum atomic E-state index is -0.0224. The Morgan fingerprint density at radius 2 is 1.74 bits per heavy atom. The van der Waals surface area contributed by atoms with Crippen molar-refractivity contribution in [1.29, 1.82) is 0 Å². The van der Waals surface area contributed by atoms with Gasteiger partial charge >= 0.3 is 0 Å². The Kier molecular flexibility index (Phi) is 4.24. The highest BCUT2D eigenvalue weighted by Gasteiger charge is 2.42. The number of hydrogen-bond donors (Lipinski definition) is 1. The lowest BCUT2D eigenvalue weighted by Gasteiger charge is -2.49. The third kappa shape index (κ3) is 3.16. The van der Waals surface area contributed by atoms with E-state index in [1.54, 1.807) is 0 Å². The van der Waals surface area contributed by atoms with Gasteiger partial charge < -0.3 is 15.1 Å². The fourth-order valence-electron chi connectivity index (χ4n) is 4.52. The normalized spacial score (nSPS) is 24.2. The molecule has 2 aliphatic heterocycles. The van der Waals surface area contributed by atoms with Crippen molar-refractivity contribution in [3.05, 3.63) is 59.1 Å². The van der Waals surface area contributed by atoms with Crippen LogP contribution in [-0.2, 0) is 11.2 Å². The van der Waals surface area contributed by atoms with Crippen LogP contribution >= 0.6 is 11.6 Å². The minimum absolute atomic E-state index is 0.0224. The number of nitrogens with zero attached hydrogens (tertiary/aromatic N) is 2. The van der Waals surface area contributed by atoms with Gasteiger partial charge in [-0.15, -0.1) is 0 Å². The van der Waals surface area contributed by atoms with Gasteiger partial charge in [0.1, 0.15) is 0 Å². The Morgan fingerprint density at radius 3 is 2.52 bits per heavy atom.